The minimum absolute atomic E-state index is 0.0684. The van der Waals surface area contributed by atoms with Crippen molar-refractivity contribution in [2.75, 3.05) is 12.0 Å². The fraction of sp³-hybridized carbons (Fsp3) is 0.368. The maximum Gasteiger partial charge on any atom is 0.271 e. The number of benzene rings is 1. The summed E-state index contributed by atoms with van der Waals surface area (Å²) in [6, 6.07) is 3.93. The Morgan fingerprint density at radius 1 is 1.12 bits per heavy atom. The molecule has 26 heavy (non-hydrogen) atoms. The molecule has 3 aliphatic rings. The summed E-state index contributed by atoms with van der Waals surface area (Å²) < 4.78 is 5.25. The van der Waals surface area contributed by atoms with E-state index in [1.54, 1.807) is 0 Å². The molecule has 7 nitrogen and oxygen atoms in total. The van der Waals surface area contributed by atoms with Crippen LogP contribution in [0.3, 0.4) is 0 Å². The molecule has 1 aromatic rings. The maximum atomic E-state index is 13.1. The number of anilines is 1. The SMILES string of the molecule is COc1ccc([N+](=O)[O-])cc1N1C(=O)[C@@H]2[C@@H](C1=O)[C@H]1C=C[C@H]2C1=C(C)C. The van der Waals surface area contributed by atoms with E-state index in [-0.39, 0.29) is 40.8 Å². The molecule has 2 bridgehead atoms. The highest BCUT2D eigenvalue weighted by Gasteiger charge is 2.62. The van der Waals surface area contributed by atoms with Gasteiger partial charge >= 0.3 is 0 Å². The lowest BCUT2D eigenvalue weighted by Gasteiger charge is -2.21. The van der Waals surface area contributed by atoms with E-state index < -0.39 is 16.8 Å². The topological polar surface area (TPSA) is 89.8 Å². The van der Waals surface area contributed by atoms with Gasteiger partial charge in [-0.2, -0.15) is 0 Å². The summed E-state index contributed by atoms with van der Waals surface area (Å²) in [5, 5.41) is 11.1. The van der Waals surface area contributed by atoms with Crippen molar-refractivity contribution in [2.24, 2.45) is 23.7 Å². The maximum absolute atomic E-state index is 13.1. The van der Waals surface area contributed by atoms with Crippen LogP contribution in [0.15, 0.2) is 41.5 Å². The van der Waals surface area contributed by atoms with Crippen LogP contribution in [0.5, 0.6) is 5.75 Å². The van der Waals surface area contributed by atoms with E-state index in [2.05, 4.69) is 0 Å². The second kappa shape index (κ2) is 5.52. The largest absolute Gasteiger partial charge is 0.495 e. The highest BCUT2D eigenvalue weighted by Crippen LogP contribution is 2.57. The van der Waals surface area contributed by atoms with Crippen molar-refractivity contribution < 1.29 is 19.2 Å². The summed E-state index contributed by atoms with van der Waals surface area (Å²) >= 11 is 0. The highest BCUT2D eigenvalue weighted by molar-refractivity contribution is 6.24. The van der Waals surface area contributed by atoms with Crippen molar-refractivity contribution in [1.82, 2.24) is 0 Å². The average molecular weight is 354 g/mol. The minimum atomic E-state index is -0.554. The molecular formula is C19H18N2O5. The Hall–Kier alpha value is -2.96. The minimum Gasteiger partial charge on any atom is -0.495 e. The normalized spacial score (nSPS) is 28.7. The van der Waals surface area contributed by atoms with Crippen molar-refractivity contribution in [1.29, 1.82) is 0 Å². The zero-order chi connectivity index (χ0) is 18.7. The Balaban J connectivity index is 1.80. The standard InChI is InChI=1S/C19H18N2O5/c1-9(2)15-11-5-6-12(15)17-16(11)18(22)20(19(17)23)13-8-10(21(24)25)4-7-14(13)26-3/h4-8,11-12,16-17H,1-3H3/t11-,12-,16-,17-/m0/s1. The van der Waals surface area contributed by atoms with Gasteiger partial charge in [0.05, 0.1) is 23.9 Å². The molecule has 4 atom stereocenters. The molecule has 1 aliphatic heterocycles. The van der Waals surface area contributed by atoms with Gasteiger partial charge in [0.2, 0.25) is 11.8 Å². The summed E-state index contributed by atoms with van der Waals surface area (Å²) in [6.07, 6.45) is 4.01. The highest BCUT2D eigenvalue weighted by atomic mass is 16.6. The average Bonchev–Trinajstić information content (AvgIpc) is 3.24. The van der Waals surface area contributed by atoms with Crippen LogP contribution >= 0.6 is 0 Å². The summed E-state index contributed by atoms with van der Waals surface area (Å²) in [7, 11) is 1.41. The van der Waals surface area contributed by atoms with Crippen LogP contribution in [0, 0.1) is 33.8 Å². The first-order chi connectivity index (χ1) is 12.4. The number of ether oxygens (including phenoxy) is 1. The van der Waals surface area contributed by atoms with Gasteiger partial charge in [-0.15, -0.1) is 0 Å². The first-order valence-electron chi connectivity index (χ1n) is 8.42. The summed E-state index contributed by atoms with van der Waals surface area (Å²) in [4.78, 5) is 37.9. The van der Waals surface area contributed by atoms with E-state index >= 15 is 0 Å². The molecule has 1 saturated heterocycles. The number of hydrogen-bond acceptors (Lipinski definition) is 5. The number of non-ortho nitro benzene ring substituents is 1. The Kier molecular flexibility index (Phi) is 3.50. The molecule has 134 valence electrons. The third kappa shape index (κ3) is 2.00. The van der Waals surface area contributed by atoms with E-state index in [4.69, 9.17) is 4.74 Å². The van der Waals surface area contributed by atoms with Crippen LogP contribution in [-0.4, -0.2) is 23.8 Å². The summed E-state index contributed by atoms with van der Waals surface area (Å²) in [5.41, 5.74) is 2.25. The monoisotopic (exact) mass is 354 g/mol. The number of methoxy groups -OCH3 is 1. The molecule has 0 aromatic heterocycles. The van der Waals surface area contributed by atoms with Crippen molar-refractivity contribution in [3.05, 3.63) is 51.6 Å². The van der Waals surface area contributed by atoms with Crippen LogP contribution in [0.4, 0.5) is 11.4 Å². The van der Waals surface area contributed by atoms with Crippen LogP contribution in [0.25, 0.3) is 0 Å². The number of rotatable bonds is 3. The number of carbonyl (C=O) groups excluding carboxylic acids is 2. The molecule has 7 heteroatoms. The van der Waals surface area contributed by atoms with Gasteiger partial charge in [0, 0.05) is 24.0 Å². The Labute approximate surface area is 150 Å². The van der Waals surface area contributed by atoms with Gasteiger partial charge in [0.1, 0.15) is 11.4 Å². The Morgan fingerprint density at radius 2 is 1.69 bits per heavy atom. The molecular weight excluding hydrogens is 336 g/mol. The third-order valence-corrected chi connectivity index (χ3v) is 5.61. The molecule has 2 amide bonds. The predicted molar refractivity (Wildman–Crippen MR) is 93.6 cm³/mol. The molecule has 0 radical (unpaired) electrons. The molecule has 0 spiro atoms. The number of nitro benzene ring substituents is 1. The molecule has 0 N–H and O–H groups in total. The number of nitro groups is 1. The first-order valence-corrected chi connectivity index (χ1v) is 8.42. The number of carbonyl (C=O) groups is 2. The van der Waals surface area contributed by atoms with E-state index in [9.17, 15) is 19.7 Å². The van der Waals surface area contributed by atoms with E-state index in [0.29, 0.717) is 0 Å². The third-order valence-electron chi connectivity index (χ3n) is 5.61. The number of imide groups is 1. The molecule has 1 aromatic carbocycles. The molecule has 0 unspecified atom stereocenters. The first kappa shape index (κ1) is 16.5. The van der Waals surface area contributed by atoms with Gasteiger partial charge in [0.15, 0.2) is 0 Å². The molecule has 4 rings (SSSR count). The molecule has 2 aliphatic carbocycles. The Morgan fingerprint density at radius 3 is 2.15 bits per heavy atom. The van der Waals surface area contributed by atoms with Crippen LogP contribution < -0.4 is 9.64 Å². The predicted octanol–water partition coefficient (Wildman–Crippen LogP) is 2.86. The lowest BCUT2D eigenvalue weighted by atomic mass is 9.85. The summed E-state index contributed by atoms with van der Waals surface area (Å²) in [6.45, 7) is 4.00. The zero-order valence-electron chi connectivity index (χ0n) is 14.6. The van der Waals surface area contributed by atoms with Crippen LogP contribution in [0.1, 0.15) is 13.8 Å². The molecule has 2 fully saturated rings. The fourth-order valence-corrected chi connectivity index (χ4v) is 4.63. The van der Waals surface area contributed by atoms with Crippen LogP contribution in [0.2, 0.25) is 0 Å². The number of hydrogen-bond donors (Lipinski definition) is 0. The Bertz CT molecular complexity index is 879. The van der Waals surface area contributed by atoms with Gasteiger partial charge in [-0.3, -0.25) is 19.7 Å². The zero-order valence-corrected chi connectivity index (χ0v) is 14.6. The number of allylic oxidation sites excluding steroid dienone is 4. The van der Waals surface area contributed by atoms with E-state index in [1.807, 2.05) is 26.0 Å². The summed E-state index contributed by atoms with van der Waals surface area (Å²) in [5.74, 6) is -1.37. The molecule has 1 heterocycles. The van der Waals surface area contributed by atoms with Crippen molar-refractivity contribution >= 4 is 23.2 Å². The number of amides is 2. The van der Waals surface area contributed by atoms with Crippen molar-refractivity contribution in [3.8, 4) is 5.75 Å². The second-order valence-corrected chi connectivity index (χ2v) is 7.07. The van der Waals surface area contributed by atoms with Gasteiger partial charge < -0.3 is 4.74 Å². The molecule has 1 saturated carbocycles. The lowest BCUT2D eigenvalue weighted by molar-refractivity contribution is -0.384. The van der Waals surface area contributed by atoms with E-state index in [0.717, 1.165) is 16.0 Å². The van der Waals surface area contributed by atoms with Crippen molar-refractivity contribution in [3.63, 3.8) is 0 Å². The fourth-order valence-electron chi connectivity index (χ4n) is 4.63. The number of fused-ring (bicyclic) bond motifs is 5. The van der Waals surface area contributed by atoms with Crippen molar-refractivity contribution in [2.45, 2.75) is 13.8 Å². The van der Waals surface area contributed by atoms with Crippen LogP contribution in [-0.2, 0) is 9.59 Å². The van der Waals surface area contributed by atoms with Gasteiger partial charge in [0.25, 0.3) is 5.69 Å². The van der Waals surface area contributed by atoms with E-state index in [1.165, 1.54) is 25.3 Å². The number of nitrogens with zero attached hydrogens (tertiary/aromatic N) is 2. The second-order valence-electron chi connectivity index (χ2n) is 7.07. The van der Waals surface area contributed by atoms with Gasteiger partial charge in [-0.25, -0.2) is 4.90 Å². The lowest BCUT2D eigenvalue weighted by Crippen LogP contribution is -2.33. The van der Waals surface area contributed by atoms with Gasteiger partial charge in [-0.1, -0.05) is 23.3 Å². The quantitative estimate of drug-likeness (QED) is 0.360. The smallest absolute Gasteiger partial charge is 0.271 e. The van der Waals surface area contributed by atoms with Gasteiger partial charge in [-0.05, 0) is 19.9 Å².